The van der Waals surface area contributed by atoms with E-state index in [9.17, 15) is 9.59 Å². The van der Waals surface area contributed by atoms with Crippen molar-refractivity contribution < 1.29 is 4.79 Å². The van der Waals surface area contributed by atoms with Crippen LogP contribution in [0.5, 0.6) is 0 Å². The minimum atomic E-state index is -0.380. The summed E-state index contributed by atoms with van der Waals surface area (Å²) in [7, 11) is 0. The fourth-order valence-electron chi connectivity index (χ4n) is 2.05. The van der Waals surface area contributed by atoms with E-state index >= 15 is 0 Å². The molecule has 7 heteroatoms. The van der Waals surface area contributed by atoms with E-state index in [1.54, 1.807) is 36.7 Å². The number of aryl methyl sites for hydroxylation is 1. The molecule has 1 aromatic carbocycles. The molecule has 0 aliphatic heterocycles. The molecule has 0 radical (unpaired) electrons. The number of benzene rings is 1. The van der Waals surface area contributed by atoms with Crippen molar-refractivity contribution in [3.63, 3.8) is 0 Å². The van der Waals surface area contributed by atoms with Gasteiger partial charge in [0.05, 0.1) is 29.5 Å². The predicted molar refractivity (Wildman–Crippen MR) is 80.3 cm³/mol. The summed E-state index contributed by atoms with van der Waals surface area (Å²) in [5.41, 5.74) is 1.31. The van der Waals surface area contributed by atoms with Gasteiger partial charge in [-0.3, -0.25) is 19.6 Å². The van der Waals surface area contributed by atoms with Crippen molar-refractivity contribution >= 4 is 16.7 Å². The third-order valence-corrected chi connectivity index (χ3v) is 3.18. The number of aromatic nitrogens is 4. The first kappa shape index (κ1) is 13.9. The van der Waals surface area contributed by atoms with Crippen LogP contribution in [0.3, 0.4) is 0 Å². The standard InChI is InChI=1S/C15H13N5O2/c1-9-6-17-10(7-16-9)8-18-15(22)13-11-4-2-3-5-12(11)14(21)20-19-13/h2-7H,8H2,1H3,(H,18,22)(H,20,21). The van der Waals surface area contributed by atoms with Gasteiger partial charge in [0.25, 0.3) is 11.5 Å². The maximum absolute atomic E-state index is 12.3. The van der Waals surface area contributed by atoms with Crippen molar-refractivity contribution in [2.45, 2.75) is 13.5 Å². The van der Waals surface area contributed by atoms with Crippen LogP contribution >= 0.6 is 0 Å². The van der Waals surface area contributed by atoms with Crippen LogP contribution in [0.2, 0.25) is 0 Å². The number of carbonyl (C=O) groups is 1. The minimum absolute atomic E-state index is 0.176. The summed E-state index contributed by atoms with van der Waals surface area (Å²) in [5.74, 6) is -0.380. The van der Waals surface area contributed by atoms with Gasteiger partial charge < -0.3 is 5.32 Å². The van der Waals surface area contributed by atoms with Crippen molar-refractivity contribution in [2.24, 2.45) is 0 Å². The molecule has 7 nitrogen and oxygen atoms in total. The third kappa shape index (κ3) is 2.69. The molecule has 2 aromatic heterocycles. The molecule has 0 spiro atoms. The van der Waals surface area contributed by atoms with Crippen molar-refractivity contribution in [1.82, 2.24) is 25.5 Å². The lowest BCUT2D eigenvalue weighted by atomic mass is 10.1. The second-order valence-electron chi connectivity index (χ2n) is 4.78. The van der Waals surface area contributed by atoms with Crippen LogP contribution in [0.25, 0.3) is 10.8 Å². The minimum Gasteiger partial charge on any atom is -0.345 e. The van der Waals surface area contributed by atoms with Gasteiger partial charge in [-0.15, -0.1) is 0 Å². The second kappa shape index (κ2) is 5.72. The summed E-state index contributed by atoms with van der Waals surface area (Å²) in [4.78, 5) is 32.2. The van der Waals surface area contributed by atoms with Gasteiger partial charge in [0.1, 0.15) is 0 Å². The lowest BCUT2D eigenvalue weighted by Gasteiger charge is -2.06. The van der Waals surface area contributed by atoms with E-state index in [0.717, 1.165) is 5.69 Å². The van der Waals surface area contributed by atoms with Crippen LogP contribution in [0.15, 0.2) is 41.5 Å². The number of rotatable bonds is 3. The molecular formula is C15H13N5O2. The fourth-order valence-corrected chi connectivity index (χ4v) is 2.05. The van der Waals surface area contributed by atoms with Gasteiger partial charge in [0.2, 0.25) is 0 Å². The van der Waals surface area contributed by atoms with E-state index in [4.69, 9.17) is 0 Å². The lowest BCUT2D eigenvalue weighted by molar-refractivity contribution is 0.0946. The van der Waals surface area contributed by atoms with E-state index in [1.807, 2.05) is 6.92 Å². The fraction of sp³-hybridized carbons (Fsp3) is 0.133. The van der Waals surface area contributed by atoms with Crippen LogP contribution < -0.4 is 10.9 Å². The molecule has 22 heavy (non-hydrogen) atoms. The molecule has 0 atom stereocenters. The maximum atomic E-state index is 12.3. The topological polar surface area (TPSA) is 101 Å². The van der Waals surface area contributed by atoms with E-state index in [-0.39, 0.29) is 23.7 Å². The smallest absolute Gasteiger partial charge is 0.272 e. The Balaban J connectivity index is 1.85. The molecule has 0 aliphatic carbocycles. The lowest BCUT2D eigenvalue weighted by Crippen LogP contribution is -2.26. The molecule has 3 aromatic rings. The predicted octanol–water partition coefficient (Wildman–Crippen LogP) is 0.952. The summed E-state index contributed by atoms with van der Waals surface area (Å²) < 4.78 is 0. The number of hydrogen-bond acceptors (Lipinski definition) is 5. The Labute approximate surface area is 125 Å². The number of nitrogens with one attached hydrogen (secondary N) is 2. The van der Waals surface area contributed by atoms with Crippen molar-refractivity contribution in [3.8, 4) is 0 Å². The number of aromatic amines is 1. The molecule has 0 saturated heterocycles. The van der Waals surface area contributed by atoms with Crippen LogP contribution in [0.4, 0.5) is 0 Å². The molecular weight excluding hydrogens is 282 g/mol. The Morgan fingerprint density at radius 1 is 1.18 bits per heavy atom. The quantitative estimate of drug-likeness (QED) is 0.749. The Kier molecular flexibility index (Phi) is 3.61. The van der Waals surface area contributed by atoms with E-state index < -0.39 is 0 Å². The van der Waals surface area contributed by atoms with Gasteiger partial charge in [-0.1, -0.05) is 18.2 Å². The Bertz CT molecular complexity index is 886. The highest BCUT2D eigenvalue weighted by molar-refractivity contribution is 6.04. The van der Waals surface area contributed by atoms with Gasteiger partial charge in [-0.2, -0.15) is 5.10 Å². The Morgan fingerprint density at radius 3 is 2.68 bits per heavy atom. The summed E-state index contributed by atoms with van der Waals surface area (Å²) in [6.07, 6.45) is 3.24. The third-order valence-electron chi connectivity index (χ3n) is 3.18. The van der Waals surface area contributed by atoms with Crippen LogP contribution in [0.1, 0.15) is 21.9 Å². The molecule has 0 bridgehead atoms. The highest BCUT2D eigenvalue weighted by Gasteiger charge is 2.13. The second-order valence-corrected chi connectivity index (χ2v) is 4.78. The van der Waals surface area contributed by atoms with Crippen molar-refractivity contribution in [1.29, 1.82) is 0 Å². The summed E-state index contributed by atoms with van der Waals surface area (Å²) in [6, 6.07) is 6.84. The van der Waals surface area contributed by atoms with Crippen LogP contribution in [-0.2, 0) is 6.54 Å². The molecule has 1 amide bonds. The number of H-pyrrole nitrogens is 1. The van der Waals surface area contributed by atoms with Crippen LogP contribution in [0, 0.1) is 6.92 Å². The largest absolute Gasteiger partial charge is 0.345 e. The average molecular weight is 295 g/mol. The summed E-state index contributed by atoms with van der Waals surface area (Å²) >= 11 is 0. The number of carbonyl (C=O) groups excluding carboxylic acids is 1. The molecule has 110 valence electrons. The highest BCUT2D eigenvalue weighted by atomic mass is 16.2. The molecule has 3 rings (SSSR count). The highest BCUT2D eigenvalue weighted by Crippen LogP contribution is 2.12. The first-order valence-corrected chi connectivity index (χ1v) is 6.68. The van der Waals surface area contributed by atoms with Crippen LogP contribution in [-0.4, -0.2) is 26.1 Å². The zero-order valence-electron chi connectivity index (χ0n) is 11.8. The molecule has 2 N–H and O–H groups in total. The number of hydrogen-bond donors (Lipinski definition) is 2. The average Bonchev–Trinajstić information content (AvgIpc) is 2.55. The summed E-state index contributed by atoms with van der Waals surface area (Å²) in [5, 5.41) is 9.84. The molecule has 0 saturated carbocycles. The molecule has 0 aliphatic rings. The molecule has 0 fully saturated rings. The van der Waals surface area contributed by atoms with E-state index in [1.165, 1.54) is 0 Å². The number of amides is 1. The van der Waals surface area contributed by atoms with Crippen molar-refractivity contribution in [3.05, 3.63) is 64.1 Å². The van der Waals surface area contributed by atoms with Gasteiger partial charge >= 0.3 is 0 Å². The van der Waals surface area contributed by atoms with Gasteiger partial charge in [-0.05, 0) is 13.0 Å². The van der Waals surface area contributed by atoms with Gasteiger partial charge in [-0.25, -0.2) is 5.10 Å². The van der Waals surface area contributed by atoms with E-state index in [2.05, 4.69) is 25.5 Å². The Morgan fingerprint density at radius 2 is 1.95 bits per heavy atom. The monoisotopic (exact) mass is 295 g/mol. The van der Waals surface area contributed by atoms with Crippen molar-refractivity contribution in [2.75, 3.05) is 0 Å². The van der Waals surface area contributed by atoms with Gasteiger partial charge in [0, 0.05) is 11.6 Å². The summed E-state index contributed by atoms with van der Waals surface area (Å²) in [6.45, 7) is 2.08. The first-order chi connectivity index (χ1) is 10.6. The Hall–Kier alpha value is -3.09. The number of nitrogens with zero attached hydrogens (tertiary/aromatic N) is 3. The maximum Gasteiger partial charge on any atom is 0.272 e. The molecule has 0 unspecified atom stereocenters. The molecule has 2 heterocycles. The van der Waals surface area contributed by atoms with E-state index in [0.29, 0.717) is 16.5 Å². The zero-order valence-corrected chi connectivity index (χ0v) is 11.8. The zero-order chi connectivity index (χ0) is 15.5. The number of fused-ring (bicyclic) bond motifs is 1. The normalized spacial score (nSPS) is 10.6. The SMILES string of the molecule is Cc1cnc(CNC(=O)c2n[nH]c(=O)c3ccccc23)cn1. The first-order valence-electron chi connectivity index (χ1n) is 6.68. The van der Waals surface area contributed by atoms with Gasteiger partial charge in [0.15, 0.2) is 5.69 Å².